The highest BCUT2D eigenvalue weighted by Crippen LogP contribution is 2.22. The fourth-order valence-corrected chi connectivity index (χ4v) is 2.02. The minimum atomic E-state index is -0.892. The Labute approximate surface area is 138 Å². The van der Waals surface area contributed by atoms with Crippen molar-refractivity contribution in [2.45, 2.75) is 26.4 Å². The maximum atomic E-state index is 13.7. The molecular formula is C17H17FN2O4. The van der Waals surface area contributed by atoms with E-state index >= 15 is 0 Å². The van der Waals surface area contributed by atoms with E-state index in [0.29, 0.717) is 5.75 Å². The Kier molecular flexibility index (Phi) is 5.47. The van der Waals surface area contributed by atoms with Crippen LogP contribution in [0.25, 0.3) is 0 Å². The zero-order valence-electron chi connectivity index (χ0n) is 13.3. The molecule has 1 amide bonds. The minimum Gasteiger partial charge on any atom is -0.481 e. The number of nitro benzene ring substituents is 1. The molecule has 0 bridgehead atoms. The van der Waals surface area contributed by atoms with E-state index in [4.69, 9.17) is 4.74 Å². The van der Waals surface area contributed by atoms with Crippen LogP contribution in [0.15, 0.2) is 42.5 Å². The Morgan fingerprint density at radius 1 is 1.29 bits per heavy atom. The van der Waals surface area contributed by atoms with Gasteiger partial charge in [-0.05, 0) is 37.1 Å². The Hall–Kier alpha value is -2.96. The molecule has 0 aromatic heterocycles. The Balaban J connectivity index is 2.05. The Bertz CT molecular complexity index is 747. The second kappa shape index (κ2) is 7.54. The highest BCUT2D eigenvalue weighted by Gasteiger charge is 2.18. The van der Waals surface area contributed by atoms with E-state index in [1.807, 2.05) is 19.1 Å². The molecule has 0 saturated carbocycles. The number of amides is 1. The van der Waals surface area contributed by atoms with Crippen LogP contribution in [0.3, 0.4) is 0 Å². The van der Waals surface area contributed by atoms with Crippen molar-refractivity contribution >= 4 is 17.3 Å². The molecule has 6 nitrogen and oxygen atoms in total. The van der Waals surface area contributed by atoms with Gasteiger partial charge in [0.05, 0.1) is 10.6 Å². The normalized spacial score (nSPS) is 11.6. The van der Waals surface area contributed by atoms with Crippen molar-refractivity contribution in [2.24, 2.45) is 0 Å². The number of nitrogens with one attached hydrogen (secondary N) is 1. The zero-order chi connectivity index (χ0) is 17.7. The summed E-state index contributed by atoms with van der Waals surface area (Å²) in [7, 11) is 0. The standard InChI is InChI=1S/C17H17FN2O4/c1-3-12-4-7-14(8-5-12)24-11(2)17(21)19-16-10-13(20(22)23)6-9-15(16)18/h4-11H,3H2,1-2H3,(H,19,21). The van der Waals surface area contributed by atoms with E-state index in [2.05, 4.69) is 5.32 Å². The third kappa shape index (κ3) is 4.28. The quantitative estimate of drug-likeness (QED) is 0.646. The molecule has 2 aromatic carbocycles. The van der Waals surface area contributed by atoms with Gasteiger partial charge in [0.15, 0.2) is 6.10 Å². The molecule has 1 unspecified atom stereocenters. The lowest BCUT2D eigenvalue weighted by Crippen LogP contribution is -2.30. The maximum Gasteiger partial charge on any atom is 0.271 e. The molecule has 0 fully saturated rings. The van der Waals surface area contributed by atoms with E-state index in [-0.39, 0.29) is 11.4 Å². The summed E-state index contributed by atoms with van der Waals surface area (Å²) in [4.78, 5) is 22.2. The molecule has 2 aromatic rings. The summed E-state index contributed by atoms with van der Waals surface area (Å²) >= 11 is 0. The molecule has 24 heavy (non-hydrogen) atoms. The van der Waals surface area contributed by atoms with E-state index in [9.17, 15) is 19.3 Å². The molecule has 126 valence electrons. The van der Waals surface area contributed by atoms with Gasteiger partial charge >= 0.3 is 0 Å². The number of halogens is 1. The average molecular weight is 332 g/mol. The molecular weight excluding hydrogens is 315 g/mol. The summed E-state index contributed by atoms with van der Waals surface area (Å²) in [5, 5.41) is 13.0. The van der Waals surface area contributed by atoms with Crippen LogP contribution < -0.4 is 10.1 Å². The van der Waals surface area contributed by atoms with Crippen LogP contribution >= 0.6 is 0 Å². The maximum absolute atomic E-state index is 13.7. The third-order valence-corrected chi connectivity index (χ3v) is 3.43. The van der Waals surface area contributed by atoms with Crippen molar-refractivity contribution in [1.29, 1.82) is 0 Å². The number of nitrogens with zero attached hydrogens (tertiary/aromatic N) is 1. The van der Waals surface area contributed by atoms with Gasteiger partial charge in [0.1, 0.15) is 11.6 Å². The second-order valence-corrected chi connectivity index (χ2v) is 5.17. The van der Waals surface area contributed by atoms with Gasteiger partial charge in [0.25, 0.3) is 11.6 Å². The number of aryl methyl sites for hydroxylation is 1. The van der Waals surface area contributed by atoms with Crippen molar-refractivity contribution in [3.8, 4) is 5.75 Å². The molecule has 7 heteroatoms. The molecule has 0 radical (unpaired) electrons. The molecule has 0 aliphatic heterocycles. The highest BCUT2D eigenvalue weighted by atomic mass is 19.1. The summed E-state index contributed by atoms with van der Waals surface area (Å²) in [5.74, 6) is -0.850. The third-order valence-electron chi connectivity index (χ3n) is 3.43. The summed E-state index contributed by atoms with van der Waals surface area (Å²) in [6.07, 6.45) is -0.00121. The van der Waals surface area contributed by atoms with Gasteiger partial charge in [-0.1, -0.05) is 19.1 Å². The van der Waals surface area contributed by atoms with Crippen molar-refractivity contribution in [3.63, 3.8) is 0 Å². The molecule has 0 aliphatic rings. The Morgan fingerprint density at radius 2 is 1.96 bits per heavy atom. The van der Waals surface area contributed by atoms with Crippen LogP contribution in [-0.4, -0.2) is 16.9 Å². The van der Waals surface area contributed by atoms with Crippen LogP contribution in [-0.2, 0) is 11.2 Å². The number of ether oxygens (including phenoxy) is 1. The van der Waals surface area contributed by atoms with Gasteiger partial charge in [-0.3, -0.25) is 14.9 Å². The lowest BCUT2D eigenvalue weighted by atomic mass is 10.2. The monoisotopic (exact) mass is 332 g/mol. The first kappa shape index (κ1) is 17.4. The molecule has 0 aliphatic carbocycles. The average Bonchev–Trinajstić information content (AvgIpc) is 2.57. The first-order valence-electron chi connectivity index (χ1n) is 7.41. The summed E-state index contributed by atoms with van der Waals surface area (Å²) in [5.41, 5.74) is 0.569. The SMILES string of the molecule is CCc1ccc(OC(C)C(=O)Nc2cc([N+](=O)[O-])ccc2F)cc1. The fraction of sp³-hybridized carbons (Fsp3) is 0.235. The van der Waals surface area contributed by atoms with E-state index in [1.54, 1.807) is 12.1 Å². The topological polar surface area (TPSA) is 81.5 Å². The van der Waals surface area contributed by atoms with Gasteiger partial charge in [-0.25, -0.2) is 4.39 Å². The van der Waals surface area contributed by atoms with Gasteiger partial charge in [0, 0.05) is 12.1 Å². The van der Waals surface area contributed by atoms with E-state index in [0.717, 1.165) is 30.2 Å². The first-order valence-corrected chi connectivity index (χ1v) is 7.41. The first-order chi connectivity index (χ1) is 11.4. The molecule has 1 N–H and O–H groups in total. The number of carbonyl (C=O) groups is 1. The van der Waals surface area contributed by atoms with Crippen LogP contribution in [0.5, 0.6) is 5.75 Å². The van der Waals surface area contributed by atoms with Gasteiger partial charge in [-0.15, -0.1) is 0 Å². The number of carbonyl (C=O) groups excluding carboxylic acids is 1. The van der Waals surface area contributed by atoms with Gasteiger partial charge in [-0.2, -0.15) is 0 Å². The smallest absolute Gasteiger partial charge is 0.271 e. The predicted molar refractivity (Wildman–Crippen MR) is 87.6 cm³/mol. The summed E-state index contributed by atoms with van der Waals surface area (Å²) in [6.45, 7) is 3.54. The minimum absolute atomic E-state index is 0.258. The molecule has 0 heterocycles. The van der Waals surface area contributed by atoms with Crippen LogP contribution in [0.2, 0.25) is 0 Å². The highest BCUT2D eigenvalue weighted by molar-refractivity contribution is 5.94. The van der Waals surface area contributed by atoms with Crippen molar-refractivity contribution in [3.05, 3.63) is 64.0 Å². The van der Waals surface area contributed by atoms with Gasteiger partial charge < -0.3 is 10.1 Å². The summed E-state index contributed by atoms with van der Waals surface area (Å²) < 4.78 is 19.2. The lowest BCUT2D eigenvalue weighted by Gasteiger charge is -2.15. The summed E-state index contributed by atoms with van der Waals surface area (Å²) in [6, 6.07) is 10.2. The van der Waals surface area contributed by atoms with Crippen LogP contribution in [0, 0.1) is 15.9 Å². The van der Waals surface area contributed by atoms with Crippen LogP contribution in [0.1, 0.15) is 19.4 Å². The number of benzene rings is 2. The molecule has 1 atom stereocenters. The molecule has 0 saturated heterocycles. The van der Waals surface area contributed by atoms with Crippen molar-refractivity contribution in [1.82, 2.24) is 0 Å². The number of hydrogen-bond acceptors (Lipinski definition) is 4. The number of hydrogen-bond donors (Lipinski definition) is 1. The van der Waals surface area contributed by atoms with E-state index < -0.39 is 22.8 Å². The van der Waals surface area contributed by atoms with Crippen LogP contribution in [0.4, 0.5) is 15.8 Å². The number of anilines is 1. The number of rotatable bonds is 6. The van der Waals surface area contributed by atoms with Crippen molar-refractivity contribution < 1.29 is 18.8 Å². The van der Waals surface area contributed by atoms with E-state index in [1.165, 1.54) is 6.92 Å². The predicted octanol–water partition coefficient (Wildman–Crippen LogP) is 3.70. The molecule has 0 spiro atoms. The molecule has 2 rings (SSSR count). The lowest BCUT2D eigenvalue weighted by molar-refractivity contribution is -0.384. The Morgan fingerprint density at radius 3 is 2.54 bits per heavy atom. The number of nitro groups is 1. The fourth-order valence-electron chi connectivity index (χ4n) is 2.02. The largest absolute Gasteiger partial charge is 0.481 e. The van der Waals surface area contributed by atoms with Crippen molar-refractivity contribution in [2.75, 3.05) is 5.32 Å². The second-order valence-electron chi connectivity index (χ2n) is 5.17. The van der Waals surface area contributed by atoms with Gasteiger partial charge in [0.2, 0.25) is 0 Å². The number of non-ortho nitro benzene ring substituents is 1. The zero-order valence-corrected chi connectivity index (χ0v) is 13.3.